The van der Waals surface area contributed by atoms with Gasteiger partial charge in [0.15, 0.2) is 0 Å². The predicted molar refractivity (Wildman–Crippen MR) is 94.8 cm³/mol. The van der Waals surface area contributed by atoms with Gasteiger partial charge in [-0.25, -0.2) is 4.79 Å². The Morgan fingerprint density at radius 2 is 1.76 bits per heavy atom. The van der Waals surface area contributed by atoms with Crippen LogP contribution in [-0.4, -0.2) is 31.4 Å². The van der Waals surface area contributed by atoms with Crippen LogP contribution in [0.3, 0.4) is 0 Å². The quantitative estimate of drug-likeness (QED) is 0.776. The van der Waals surface area contributed by atoms with Gasteiger partial charge in [-0.2, -0.15) is 0 Å². The SMILES string of the molecule is COC(=O)c1ccc(Cl)c(NC(=O)CCNC(=O)c2ccccc2)c1. The average molecular weight is 361 g/mol. The Hall–Kier alpha value is -2.86. The minimum Gasteiger partial charge on any atom is -0.465 e. The Balaban J connectivity index is 1.88. The van der Waals surface area contributed by atoms with Gasteiger partial charge in [0.25, 0.3) is 5.91 Å². The van der Waals surface area contributed by atoms with E-state index in [9.17, 15) is 14.4 Å². The van der Waals surface area contributed by atoms with E-state index in [1.165, 1.54) is 25.3 Å². The van der Waals surface area contributed by atoms with Gasteiger partial charge in [-0.15, -0.1) is 0 Å². The lowest BCUT2D eigenvalue weighted by molar-refractivity contribution is -0.116. The number of carbonyl (C=O) groups is 3. The van der Waals surface area contributed by atoms with Crippen molar-refractivity contribution in [3.63, 3.8) is 0 Å². The minimum absolute atomic E-state index is 0.0668. The molecule has 0 fully saturated rings. The number of ether oxygens (including phenoxy) is 1. The zero-order valence-electron chi connectivity index (χ0n) is 13.5. The highest BCUT2D eigenvalue weighted by Crippen LogP contribution is 2.23. The summed E-state index contributed by atoms with van der Waals surface area (Å²) in [5.41, 5.74) is 1.11. The lowest BCUT2D eigenvalue weighted by Gasteiger charge is -2.09. The Kier molecular flexibility index (Phi) is 6.54. The Morgan fingerprint density at radius 1 is 1.04 bits per heavy atom. The average Bonchev–Trinajstić information content (AvgIpc) is 2.63. The summed E-state index contributed by atoms with van der Waals surface area (Å²) in [5.74, 6) is -1.11. The van der Waals surface area contributed by atoms with Crippen molar-refractivity contribution in [1.82, 2.24) is 5.32 Å². The highest BCUT2D eigenvalue weighted by Gasteiger charge is 2.12. The monoisotopic (exact) mass is 360 g/mol. The van der Waals surface area contributed by atoms with Crippen LogP contribution in [-0.2, 0) is 9.53 Å². The van der Waals surface area contributed by atoms with Crippen LogP contribution >= 0.6 is 11.6 Å². The molecule has 0 atom stereocenters. The van der Waals surface area contributed by atoms with Gasteiger partial charge in [0.1, 0.15) is 0 Å². The summed E-state index contributed by atoms with van der Waals surface area (Å²) in [6.45, 7) is 0.174. The summed E-state index contributed by atoms with van der Waals surface area (Å²) in [5, 5.41) is 5.58. The van der Waals surface area contributed by atoms with Gasteiger partial charge >= 0.3 is 5.97 Å². The number of hydrogen-bond acceptors (Lipinski definition) is 4. The largest absolute Gasteiger partial charge is 0.465 e. The zero-order valence-corrected chi connectivity index (χ0v) is 14.3. The molecule has 0 spiro atoms. The Morgan fingerprint density at radius 3 is 2.44 bits per heavy atom. The van der Waals surface area contributed by atoms with Crippen molar-refractivity contribution in [3.8, 4) is 0 Å². The third-order valence-electron chi connectivity index (χ3n) is 3.34. The van der Waals surface area contributed by atoms with E-state index < -0.39 is 5.97 Å². The van der Waals surface area contributed by atoms with E-state index >= 15 is 0 Å². The van der Waals surface area contributed by atoms with Gasteiger partial charge in [-0.05, 0) is 30.3 Å². The maximum Gasteiger partial charge on any atom is 0.337 e. The van der Waals surface area contributed by atoms with Crippen molar-refractivity contribution in [3.05, 3.63) is 64.7 Å². The molecule has 2 aromatic rings. The zero-order chi connectivity index (χ0) is 18.2. The maximum atomic E-state index is 12.0. The van der Waals surface area contributed by atoms with Crippen molar-refractivity contribution >= 4 is 35.1 Å². The number of anilines is 1. The summed E-state index contributed by atoms with van der Waals surface area (Å²) in [7, 11) is 1.27. The molecule has 6 nitrogen and oxygen atoms in total. The molecule has 0 unspecified atom stereocenters. The van der Waals surface area contributed by atoms with Crippen molar-refractivity contribution in [2.45, 2.75) is 6.42 Å². The summed E-state index contributed by atoms with van der Waals surface area (Å²) in [6, 6.07) is 13.2. The fraction of sp³-hybridized carbons (Fsp3) is 0.167. The number of nitrogens with one attached hydrogen (secondary N) is 2. The first-order valence-electron chi connectivity index (χ1n) is 7.52. The minimum atomic E-state index is -0.526. The van der Waals surface area contributed by atoms with E-state index in [2.05, 4.69) is 15.4 Å². The molecule has 0 aliphatic heterocycles. The second-order valence-electron chi connectivity index (χ2n) is 5.11. The third-order valence-corrected chi connectivity index (χ3v) is 3.66. The first-order valence-corrected chi connectivity index (χ1v) is 7.90. The van der Waals surface area contributed by atoms with Crippen molar-refractivity contribution in [2.24, 2.45) is 0 Å². The molecule has 0 aromatic heterocycles. The van der Waals surface area contributed by atoms with E-state index in [0.717, 1.165) is 0 Å². The number of methoxy groups -OCH3 is 1. The molecular formula is C18H17ClN2O4. The smallest absolute Gasteiger partial charge is 0.337 e. The third kappa shape index (κ3) is 5.32. The lowest BCUT2D eigenvalue weighted by atomic mass is 10.2. The van der Waals surface area contributed by atoms with E-state index in [0.29, 0.717) is 16.3 Å². The van der Waals surface area contributed by atoms with Crippen LogP contribution in [0.25, 0.3) is 0 Å². The van der Waals surface area contributed by atoms with Gasteiger partial charge in [0, 0.05) is 18.5 Å². The summed E-state index contributed by atoms with van der Waals surface area (Å²) >= 11 is 6.02. The molecule has 0 radical (unpaired) electrons. The number of halogens is 1. The van der Waals surface area contributed by atoms with Crippen molar-refractivity contribution < 1.29 is 19.1 Å². The van der Waals surface area contributed by atoms with Crippen LogP contribution in [0.5, 0.6) is 0 Å². The summed E-state index contributed by atoms with van der Waals surface area (Å²) in [6.07, 6.45) is 0.0668. The molecule has 0 heterocycles. The standard InChI is InChI=1S/C18H17ClN2O4/c1-25-18(24)13-7-8-14(19)15(11-13)21-16(22)9-10-20-17(23)12-5-3-2-4-6-12/h2-8,11H,9-10H2,1H3,(H,20,23)(H,21,22). The Bertz CT molecular complexity index is 778. The number of amides is 2. The second-order valence-corrected chi connectivity index (χ2v) is 5.51. The van der Waals surface area contributed by atoms with E-state index in [4.69, 9.17) is 11.6 Å². The fourth-order valence-corrected chi connectivity index (χ4v) is 2.22. The molecule has 130 valence electrons. The summed E-state index contributed by atoms with van der Waals surface area (Å²) < 4.78 is 4.63. The lowest BCUT2D eigenvalue weighted by Crippen LogP contribution is -2.27. The fourth-order valence-electron chi connectivity index (χ4n) is 2.06. The first-order chi connectivity index (χ1) is 12.0. The van der Waals surface area contributed by atoms with E-state index in [1.54, 1.807) is 24.3 Å². The van der Waals surface area contributed by atoms with Crippen LogP contribution in [0.4, 0.5) is 5.69 Å². The Labute approximate surface area is 150 Å². The molecular weight excluding hydrogens is 344 g/mol. The number of carbonyl (C=O) groups excluding carboxylic acids is 3. The van der Waals surface area contributed by atoms with Crippen LogP contribution in [0.15, 0.2) is 48.5 Å². The van der Waals surface area contributed by atoms with Gasteiger partial charge in [-0.1, -0.05) is 29.8 Å². The number of hydrogen-bond donors (Lipinski definition) is 2. The molecule has 0 aliphatic carbocycles. The van der Waals surface area contributed by atoms with Crippen LogP contribution < -0.4 is 10.6 Å². The second kappa shape index (κ2) is 8.84. The van der Waals surface area contributed by atoms with Gasteiger partial charge in [0.05, 0.1) is 23.4 Å². The van der Waals surface area contributed by atoms with E-state index in [1.807, 2.05) is 6.07 Å². The molecule has 0 bridgehead atoms. The van der Waals surface area contributed by atoms with Crippen LogP contribution in [0, 0.1) is 0 Å². The molecule has 25 heavy (non-hydrogen) atoms. The number of esters is 1. The molecule has 2 N–H and O–H groups in total. The van der Waals surface area contributed by atoms with Crippen LogP contribution in [0.1, 0.15) is 27.1 Å². The number of benzene rings is 2. The summed E-state index contributed by atoms with van der Waals surface area (Å²) in [4.78, 5) is 35.4. The number of rotatable bonds is 6. The predicted octanol–water partition coefficient (Wildman–Crippen LogP) is 2.89. The van der Waals surface area contributed by atoms with Gasteiger partial charge < -0.3 is 15.4 Å². The molecule has 0 saturated heterocycles. The van der Waals surface area contributed by atoms with Gasteiger partial charge in [-0.3, -0.25) is 9.59 Å². The highest BCUT2D eigenvalue weighted by atomic mass is 35.5. The first kappa shape index (κ1) is 18.5. The van der Waals surface area contributed by atoms with Crippen LogP contribution in [0.2, 0.25) is 5.02 Å². The van der Waals surface area contributed by atoms with E-state index in [-0.39, 0.29) is 30.3 Å². The molecule has 0 aliphatic rings. The molecule has 2 amide bonds. The van der Waals surface area contributed by atoms with Gasteiger partial charge in [0.2, 0.25) is 5.91 Å². The molecule has 7 heteroatoms. The highest BCUT2D eigenvalue weighted by molar-refractivity contribution is 6.33. The molecule has 2 aromatic carbocycles. The molecule has 2 rings (SSSR count). The normalized spacial score (nSPS) is 10.0. The molecule has 0 saturated carbocycles. The van der Waals surface area contributed by atoms with Crippen molar-refractivity contribution in [2.75, 3.05) is 19.0 Å². The topological polar surface area (TPSA) is 84.5 Å². The van der Waals surface area contributed by atoms with Crippen molar-refractivity contribution in [1.29, 1.82) is 0 Å². The maximum absolute atomic E-state index is 12.0.